The lowest BCUT2D eigenvalue weighted by atomic mass is 9.96. The van der Waals surface area contributed by atoms with E-state index < -0.39 is 5.97 Å². The number of hydrogen-bond donors (Lipinski definition) is 2. The maximum atomic E-state index is 12.1. The molecule has 0 bridgehead atoms. The van der Waals surface area contributed by atoms with Crippen molar-refractivity contribution in [3.8, 4) is 35.8 Å². The molecule has 0 heterocycles. The molecule has 1 aromatic carbocycles. The summed E-state index contributed by atoms with van der Waals surface area (Å²) < 4.78 is 42.5. The van der Waals surface area contributed by atoms with E-state index in [1.807, 2.05) is 13.8 Å². The van der Waals surface area contributed by atoms with Crippen LogP contribution in [-0.4, -0.2) is 78.0 Å². The molecule has 12 nitrogen and oxygen atoms in total. The molecule has 0 spiro atoms. The number of carbonyl (C=O) groups excluding carboxylic acids is 2. The summed E-state index contributed by atoms with van der Waals surface area (Å²) in [4.78, 5) is 23.0. The summed E-state index contributed by atoms with van der Waals surface area (Å²) in [6, 6.07) is 9.27. The quantitative estimate of drug-likeness (QED) is 0.0674. The summed E-state index contributed by atoms with van der Waals surface area (Å²) in [6.45, 7) is 10.8. The van der Waals surface area contributed by atoms with E-state index in [4.69, 9.17) is 49.4 Å². The molecule has 0 saturated heterocycles. The van der Waals surface area contributed by atoms with Crippen molar-refractivity contribution < 1.29 is 47.5 Å². The van der Waals surface area contributed by atoms with Gasteiger partial charge in [-0.2, -0.15) is 0 Å². The number of aryl methyl sites for hydroxylation is 1. The number of nitrogens with two attached hydrogens (primary N) is 2. The summed E-state index contributed by atoms with van der Waals surface area (Å²) in [5.74, 6) is -0.0638. The first-order valence-corrected chi connectivity index (χ1v) is 12.9. The SMILES string of the molecule is C=CC(=O)OCCOCCOCC(C)(C)COCCOCCOC(=O)CCc1cc(OC#CN)cc(OC#CN)c1. The van der Waals surface area contributed by atoms with Gasteiger partial charge in [-0.1, -0.05) is 20.4 Å². The Labute approximate surface area is 241 Å². The van der Waals surface area contributed by atoms with Gasteiger partial charge in [-0.25, -0.2) is 4.79 Å². The molecule has 1 rings (SSSR count). The van der Waals surface area contributed by atoms with Crippen LogP contribution in [0.25, 0.3) is 0 Å². The Morgan fingerprint density at radius 1 is 0.780 bits per heavy atom. The molecule has 4 N–H and O–H groups in total. The standard InChI is InChI=1S/C29H40N2O10/c1-4-27(32)40-17-15-34-11-13-36-22-29(2,3)23-37-14-12-35-16-18-41-28(33)6-5-24-19-25(38-9-7-30)21-26(20-24)39-10-8-31/h4,19-21H,1,5-6,11-18,22-23,30-31H2,2-3H3. The van der Waals surface area contributed by atoms with Gasteiger partial charge in [0.1, 0.15) is 36.9 Å². The molecule has 0 aliphatic rings. The van der Waals surface area contributed by atoms with E-state index in [0.717, 1.165) is 11.6 Å². The van der Waals surface area contributed by atoms with Gasteiger partial charge in [0.25, 0.3) is 0 Å². The molecule has 0 unspecified atom stereocenters. The predicted molar refractivity (Wildman–Crippen MR) is 149 cm³/mol. The third-order valence-corrected chi connectivity index (χ3v) is 4.87. The van der Waals surface area contributed by atoms with Crippen LogP contribution in [0.1, 0.15) is 25.8 Å². The Morgan fingerprint density at radius 2 is 1.27 bits per heavy atom. The van der Waals surface area contributed by atoms with E-state index in [1.54, 1.807) is 18.2 Å². The highest BCUT2D eigenvalue weighted by atomic mass is 16.6. The Balaban J connectivity index is 2.12. The zero-order valence-corrected chi connectivity index (χ0v) is 23.7. The summed E-state index contributed by atoms with van der Waals surface area (Å²) >= 11 is 0. The van der Waals surface area contributed by atoms with Gasteiger partial charge in [0.2, 0.25) is 0 Å². The van der Waals surface area contributed by atoms with Crippen LogP contribution in [0.3, 0.4) is 0 Å². The van der Waals surface area contributed by atoms with E-state index in [2.05, 4.69) is 30.9 Å². The maximum absolute atomic E-state index is 12.1. The van der Waals surface area contributed by atoms with Gasteiger partial charge in [0, 0.05) is 36.1 Å². The van der Waals surface area contributed by atoms with Crippen LogP contribution in [0, 0.1) is 29.7 Å². The van der Waals surface area contributed by atoms with E-state index in [-0.39, 0.29) is 37.6 Å². The largest absolute Gasteiger partial charge is 0.463 e. The second-order valence-electron chi connectivity index (χ2n) is 9.10. The van der Waals surface area contributed by atoms with Crippen molar-refractivity contribution in [2.75, 3.05) is 66.1 Å². The van der Waals surface area contributed by atoms with Crippen molar-refractivity contribution in [1.82, 2.24) is 0 Å². The molecule has 0 fully saturated rings. The van der Waals surface area contributed by atoms with Gasteiger partial charge >= 0.3 is 11.9 Å². The fourth-order valence-electron chi connectivity index (χ4n) is 3.04. The van der Waals surface area contributed by atoms with Crippen molar-refractivity contribution >= 4 is 11.9 Å². The molecule has 0 radical (unpaired) electrons. The smallest absolute Gasteiger partial charge is 0.330 e. The number of esters is 2. The number of carbonyl (C=O) groups is 2. The van der Waals surface area contributed by atoms with Crippen molar-refractivity contribution in [3.05, 3.63) is 36.4 Å². The van der Waals surface area contributed by atoms with E-state index in [0.29, 0.717) is 64.2 Å². The fraction of sp³-hybridized carbons (Fsp3) is 0.517. The Morgan fingerprint density at radius 3 is 1.78 bits per heavy atom. The first-order valence-electron chi connectivity index (χ1n) is 12.9. The minimum Gasteiger partial charge on any atom is -0.463 e. The van der Waals surface area contributed by atoms with Crippen LogP contribution in [0.15, 0.2) is 30.9 Å². The van der Waals surface area contributed by atoms with Gasteiger partial charge in [0.15, 0.2) is 0 Å². The van der Waals surface area contributed by atoms with E-state index in [9.17, 15) is 9.59 Å². The Bertz CT molecular complexity index is 1010. The van der Waals surface area contributed by atoms with Crippen LogP contribution >= 0.6 is 0 Å². The van der Waals surface area contributed by atoms with Crippen LogP contribution in [0.4, 0.5) is 0 Å². The summed E-state index contributed by atoms with van der Waals surface area (Å²) in [7, 11) is 0. The van der Waals surface area contributed by atoms with E-state index in [1.165, 1.54) is 0 Å². The normalized spacial score (nSPS) is 10.4. The molecule has 41 heavy (non-hydrogen) atoms. The van der Waals surface area contributed by atoms with Crippen molar-refractivity contribution in [3.63, 3.8) is 0 Å². The summed E-state index contributed by atoms with van der Waals surface area (Å²) in [5.41, 5.74) is 10.8. The molecule has 1 aromatic rings. The highest BCUT2D eigenvalue weighted by Gasteiger charge is 2.18. The van der Waals surface area contributed by atoms with Gasteiger partial charge in [-0.15, -0.1) is 0 Å². The minimum absolute atomic E-state index is 0.132. The number of hydrogen-bond acceptors (Lipinski definition) is 12. The maximum Gasteiger partial charge on any atom is 0.330 e. The molecule has 0 atom stereocenters. The lowest BCUT2D eigenvalue weighted by Crippen LogP contribution is -2.27. The molecule has 0 aliphatic carbocycles. The van der Waals surface area contributed by atoms with Gasteiger partial charge in [-0.3, -0.25) is 4.79 Å². The lowest BCUT2D eigenvalue weighted by molar-refractivity contribution is -0.145. The third kappa shape index (κ3) is 18.9. The highest BCUT2D eigenvalue weighted by molar-refractivity contribution is 5.81. The Kier molecular flexibility index (Phi) is 18.7. The Hall–Kier alpha value is -3.94. The number of ether oxygens (including phenoxy) is 8. The monoisotopic (exact) mass is 576 g/mol. The van der Waals surface area contributed by atoms with Crippen molar-refractivity contribution in [1.29, 1.82) is 0 Å². The predicted octanol–water partition coefficient (Wildman–Crippen LogP) is 1.50. The van der Waals surface area contributed by atoms with Crippen LogP contribution in [0.5, 0.6) is 11.5 Å². The average molecular weight is 577 g/mol. The molecular formula is C29H40N2O10. The van der Waals surface area contributed by atoms with Gasteiger partial charge in [-0.05, 0) is 24.1 Å². The van der Waals surface area contributed by atoms with Crippen molar-refractivity contribution in [2.24, 2.45) is 16.9 Å². The molecule has 226 valence electrons. The molecular weight excluding hydrogens is 536 g/mol. The molecule has 0 aliphatic heterocycles. The second-order valence-corrected chi connectivity index (χ2v) is 9.10. The lowest BCUT2D eigenvalue weighted by Gasteiger charge is -2.24. The number of rotatable bonds is 22. The molecule has 0 amide bonds. The van der Waals surface area contributed by atoms with Gasteiger partial charge < -0.3 is 49.4 Å². The topological polar surface area (TPSA) is 160 Å². The highest BCUT2D eigenvalue weighted by Crippen LogP contribution is 2.24. The first kappa shape index (κ1) is 35.1. The fourth-order valence-corrected chi connectivity index (χ4v) is 3.04. The van der Waals surface area contributed by atoms with Crippen LogP contribution in [-0.2, 0) is 44.4 Å². The number of benzene rings is 1. The molecule has 0 aromatic heterocycles. The zero-order chi connectivity index (χ0) is 30.2. The minimum atomic E-state index is -0.474. The van der Waals surface area contributed by atoms with Gasteiger partial charge in [0.05, 0.1) is 52.9 Å². The summed E-state index contributed by atoms with van der Waals surface area (Å²) in [5, 5.41) is 0. The van der Waals surface area contributed by atoms with Crippen LogP contribution < -0.4 is 20.9 Å². The third-order valence-electron chi connectivity index (χ3n) is 4.87. The molecule has 12 heteroatoms. The van der Waals surface area contributed by atoms with Crippen LogP contribution in [0.2, 0.25) is 0 Å². The molecule has 0 saturated carbocycles. The summed E-state index contributed by atoms with van der Waals surface area (Å²) in [6.07, 6.45) is 6.22. The average Bonchev–Trinajstić information content (AvgIpc) is 2.96. The van der Waals surface area contributed by atoms with E-state index >= 15 is 0 Å². The zero-order valence-electron chi connectivity index (χ0n) is 23.7. The van der Waals surface area contributed by atoms with Crippen molar-refractivity contribution in [2.45, 2.75) is 26.7 Å². The second kappa shape index (κ2) is 21.8. The first-order chi connectivity index (χ1) is 19.8.